The van der Waals surface area contributed by atoms with Gasteiger partial charge in [-0.2, -0.15) is 0 Å². The minimum absolute atomic E-state index is 0.0193. The van der Waals surface area contributed by atoms with E-state index < -0.39 is 0 Å². The van der Waals surface area contributed by atoms with E-state index in [1.807, 2.05) is 6.92 Å². The van der Waals surface area contributed by atoms with Crippen LogP contribution in [0.4, 0.5) is 0 Å². The normalized spacial score (nSPS) is 46.4. The molecule has 0 radical (unpaired) electrons. The number of carbonyl (C=O) groups excluding carboxylic acids is 2. The fraction of sp³-hybridized carbons (Fsp3) is 0.833. The van der Waals surface area contributed by atoms with Crippen LogP contribution in [0.25, 0.3) is 0 Å². The van der Waals surface area contributed by atoms with Crippen molar-refractivity contribution in [3.63, 3.8) is 0 Å². The molecule has 3 unspecified atom stereocenters. The molecule has 0 saturated heterocycles. The molecule has 156 valence electrons. The molecular formula is C24H37NO3. The molecule has 4 heteroatoms. The summed E-state index contributed by atoms with van der Waals surface area (Å²) in [5.74, 6) is 2.26. The number of allylic oxidation sites excluding steroid dienone is 1. The van der Waals surface area contributed by atoms with E-state index in [1.54, 1.807) is 0 Å². The molecule has 0 aliphatic heterocycles. The molecule has 4 fully saturated rings. The number of hydrogen-bond acceptors (Lipinski definition) is 4. The monoisotopic (exact) mass is 387 g/mol. The highest BCUT2D eigenvalue weighted by molar-refractivity contribution is 5.87. The summed E-state index contributed by atoms with van der Waals surface area (Å²) < 4.78 is 5.82. The second-order valence-corrected chi connectivity index (χ2v) is 10.7. The Labute approximate surface area is 169 Å². The second-order valence-electron chi connectivity index (χ2n) is 10.7. The van der Waals surface area contributed by atoms with Gasteiger partial charge in [0.15, 0.2) is 0 Å². The predicted octanol–water partition coefficient (Wildman–Crippen LogP) is 4.27. The fourth-order valence-corrected chi connectivity index (χ4v) is 7.34. The van der Waals surface area contributed by atoms with Gasteiger partial charge in [0, 0.05) is 18.4 Å². The average Bonchev–Trinajstić information content (AvgIpc) is 2.97. The molecule has 4 saturated carbocycles. The van der Waals surface area contributed by atoms with Crippen molar-refractivity contribution in [2.75, 3.05) is 6.54 Å². The summed E-state index contributed by atoms with van der Waals surface area (Å²) in [6, 6.07) is 0. The number of nitrogens with two attached hydrogens (primary N) is 1. The Morgan fingerprint density at radius 1 is 1.25 bits per heavy atom. The van der Waals surface area contributed by atoms with Gasteiger partial charge in [-0.15, -0.1) is 0 Å². The Morgan fingerprint density at radius 3 is 2.71 bits per heavy atom. The summed E-state index contributed by atoms with van der Waals surface area (Å²) in [7, 11) is 0. The number of fused-ring (bicyclic) bond motifs is 5. The SMILES string of the molecule is C=C1CC2CC(OC(=O)C(C)CN)CC[C@]2(C)[C@@H]2CC[C@]3(C)C(=O)CC[C@H]3[C@H]12. The number of Topliss-reactive ketones (excluding diaryl/α,β-unsaturated/α-hetero) is 1. The van der Waals surface area contributed by atoms with Crippen LogP contribution < -0.4 is 5.73 Å². The third-order valence-electron chi connectivity index (χ3n) is 9.33. The van der Waals surface area contributed by atoms with Crippen molar-refractivity contribution in [2.45, 2.75) is 78.2 Å². The van der Waals surface area contributed by atoms with Crippen LogP contribution in [0.1, 0.15) is 72.1 Å². The Kier molecular flexibility index (Phi) is 5.01. The molecule has 28 heavy (non-hydrogen) atoms. The van der Waals surface area contributed by atoms with Crippen LogP contribution in [0.15, 0.2) is 12.2 Å². The van der Waals surface area contributed by atoms with Gasteiger partial charge in [0.2, 0.25) is 0 Å². The smallest absolute Gasteiger partial charge is 0.310 e. The summed E-state index contributed by atoms with van der Waals surface area (Å²) in [6.45, 7) is 11.4. The van der Waals surface area contributed by atoms with Gasteiger partial charge in [0.05, 0.1) is 5.92 Å². The van der Waals surface area contributed by atoms with Crippen molar-refractivity contribution in [3.05, 3.63) is 12.2 Å². The first-order valence-electron chi connectivity index (χ1n) is 11.3. The number of hydrogen-bond donors (Lipinski definition) is 1. The van der Waals surface area contributed by atoms with E-state index >= 15 is 0 Å². The lowest BCUT2D eigenvalue weighted by atomic mass is 9.44. The molecule has 2 N–H and O–H groups in total. The second kappa shape index (κ2) is 6.97. The van der Waals surface area contributed by atoms with E-state index in [4.69, 9.17) is 10.5 Å². The van der Waals surface area contributed by atoms with Crippen LogP contribution in [0.2, 0.25) is 0 Å². The van der Waals surface area contributed by atoms with E-state index in [-0.39, 0.29) is 28.8 Å². The third kappa shape index (κ3) is 2.89. The van der Waals surface area contributed by atoms with Gasteiger partial charge in [-0.25, -0.2) is 0 Å². The predicted molar refractivity (Wildman–Crippen MR) is 109 cm³/mol. The van der Waals surface area contributed by atoms with Crippen LogP contribution >= 0.6 is 0 Å². The lowest BCUT2D eigenvalue weighted by molar-refractivity contribution is -0.162. The van der Waals surface area contributed by atoms with Crippen molar-refractivity contribution in [2.24, 2.45) is 46.2 Å². The van der Waals surface area contributed by atoms with E-state index in [0.29, 0.717) is 36.0 Å². The zero-order valence-corrected chi connectivity index (χ0v) is 17.8. The topological polar surface area (TPSA) is 69.4 Å². The van der Waals surface area contributed by atoms with Crippen LogP contribution in [-0.2, 0) is 14.3 Å². The number of ether oxygens (including phenoxy) is 1. The molecule has 0 aromatic rings. The highest BCUT2D eigenvalue weighted by Gasteiger charge is 2.61. The molecule has 4 aliphatic rings. The van der Waals surface area contributed by atoms with Gasteiger partial charge in [-0.05, 0) is 74.0 Å². The maximum Gasteiger partial charge on any atom is 0.310 e. The van der Waals surface area contributed by atoms with Crippen LogP contribution in [0, 0.1) is 40.4 Å². The molecule has 4 aliphatic carbocycles. The van der Waals surface area contributed by atoms with E-state index in [1.165, 1.54) is 5.57 Å². The van der Waals surface area contributed by atoms with E-state index in [2.05, 4.69) is 20.4 Å². The van der Waals surface area contributed by atoms with E-state index in [9.17, 15) is 9.59 Å². The first kappa shape index (κ1) is 20.1. The molecule has 4 nitrogen and oxygen atoms in total. The summed E-state index contributed by atoms with van der Waals surface area (Å²) in [5.41, 5.74) is 7.15. The Hall–Kier alpha value is -1.16. The Bertz CT molecular complexity index is 687. The minimum Gasteiger partial charge on any atom is -0.462 e. The highest BCUT2D eigenvalue weighted by Crippen LogP contribution is 2.66. The van der Waals surface area contributed by atoms with Gasteiger partial charge in [0.25, 0.3) is 0 Å². The number of esters is 1. The molecule has 0 bridgehead atoms. The van der Waals surface area contributed by atoms with Crippen LogP contribution in [0.3, 0.4) is 0 Å². The molecule has 0 heterocycles. The highest BCUT2D eigenvalue weighted by atomic mass is 16.5. The zero-order valence-electron chi connectivity index (χ0n) is 17.8. The summed E-state index contributed by atoms with van der Waals surface area (Å²) in [4.78, 5) is 24.8. The molecule has 4 rings (SSSR count). The molecule has 0 aromatic heterocycles. The van der Waals surface area contributed by atoms with Gasteiger partial charge >= 0.3 is 5.97 Å². The van der Waals surface area contributed by atoms with Gasteiger partial charge < -0.3 is 10.5 Å². The van der Waals surface area contributed by atoms with Crippen molar-refractivity contribution in [1.82, 2.24) is 0 Å². The standard InChI is InChI=1S/C24H37NO3/c1-14-11-16-12-17(28-22(27)15(2)13-25)7-9-23(16,3)19-8-10-24(4)18(21(14)19)5-6-20(24)26/h15-19,21H,1,5-13,25H2,2-4H3/t15?,16?,17?,18-,19+,21-,23-,24-/m0/s1. The molecule has 0 aromatic carbocycles. The first-order valence-corrected chi connectivity index (χ1v) is 11.3. The average molecular weight is 388 g/mol. The van der Waals surface area contributed by atoms with E-state index in [0.717, 1.165) is 51.4 Å². The molecule has 0 amide bonds. The van der Waals surface area contributed by atoms with Crippen molar-refractivity contribution in [1.29, 1.82) is 0 Å². The molecule has 8 atom stereocenters. The lowest BCUT2D eigenvalue weighted by Gasteiger charge is -2.60. The Morgan fingerprint density at radius 2 is 2.00 bits per heavy atom. The number of carbonyl (C=O) groups is 2. The van der Waals surface area contributed by atoms with Gasteiger partial charge in [-0.1, -0.05) is 32.9 Å². The number of rotatable bonds is 3. The summed E-state index contributed by atoms with van der Waals surface area (Å²) >= 11 is 0. The van der Waals surface area contributed by atoms with Crippen molar-refractivity contribution < 1.29 is 14.3 Å². The Balaban J connectivity index is 1.52. The van der Waals surface area contributed by atoms with Crippen molar-refractivity contribution in [3.8, 4) is 0 Å². The molecular weight excluding hydrogens is 350 g/mol. The quantitative estimate of drug-likeness (QED) is 0.580. The summed E-state index contributed by atoms with van der Waals surface area (Å²) in [6.07, 6.45) is 8.05. The minimum atomic E-state index is -0.227. The lowest BCUT2D eigenvalue weighted by Crippen LogP contribution is -2.55. The van der Waals surface area contributed by atoms with Gasteiger partial charge in [-0.3, -0.25) is 9.59 Å². The van der Waals surface area contributed by atoms with Crippen LogP contribution in [-0.4, -0.2) is 24.4 Å². The zero-order chi connectivity index (χ0) is 20.3. The third-order valence-corrected chi connectivity index (χ3v) is 9.33. The number of ketones is 1. The van der Waals surface area contributed by atoms with Crippen LogP contribution in [0.5, 0.6) is 0 Å². The first-order chi connectivity index (χ1) is 13.2. The maximum atomic E-state index is 12.6. The van der Waals surface area contributed by atoms with Gasteiger partial charge in [0.1, 0.15) is 11.9 Å². The summed E-state index contributed by atoms with van der Waals surface area (Å²) in [5, 5.41) is 0. The fourth-order valence-electron chi connectivity index (χ4n) is 7.34. The largest absolute Gasteiger partial charge is 0.462 e. The molecule has 0 spiro atoms. The van der Waals surface area contributed by atoms with Crippen molar-refractivity contribution >= 4 is 11.8 Å². The maximum absolute atomic E-state index is 12.6.